The summed E-state index contributed by atoms with van der Waals surface area (Å²) in [7, 11) is -9.61. The van der Waals surface area contributed by atoms with E-state index in [9.17, 15) is 4.57 Å². The van der Waals surface area contributed by atoms with Crippen LogP contribution in [0.25, 0.3) is 0 Å². The molecule has 0 saturated heterocycles. The van der Waals surface area contributed by atoms with Crippen molar-refractivity contribution in [3.8, 4) is 0 Å². The molecule has 0 amide bonds. The molecule has 1 unspecified atom stereocenters. The third-order valence-corrected chi connectivity index (χ3v) is 14.1. The molecule has 7 nitrogen and oxygen atoms in total. The second kappa shape index (κ2) is 11.2. The van der Waals surface area contributed by atoms with Gasteiger partial charge < -0.3 is 13.6 Å². The highest BCUT2D eigenvalue weighted by Gasteiger charge is 2.44. The average Bonchev–Trinajstić information content (AvgIpc) is 2.81. The summed E-state index contributed by atoms with van der Waals surface area (Å²) in [5.74, 6) is 0. The van der Waals surface area contributed by atoms with Crippen LogP contribution in [0.2, 0.25) is 0 Å². The van der Waals surface area contributed by atoms with E-state index in [0.717, 1.165) is 29.9 Å². The fourth-order valence-electron chi connectivity index (χ4n) is 3.05. The van der Waals surface area contributed by atoms with Gasteiger partial charge in [-0.1, -0.05) is 81.4 Å². The molecule has 0 spiro atoms. The summed E-state index contributed by atoms with van der Waals surface area (Å²) in [5, 5.41) is 1.86. The van der Waals surface area contributed by atoms with E-state index >= 15 is 0 Å². The molecule has 0 aliphatic carbocycles. The highest BCUT2D eigenvalue weighted by molar-refractivity contribution is 7.92. The molecule has 1 N–H and O–H groups in total. The summed E-state index contributed by atoms with van der Waals surface area (Å²) in [5.41, 5.74) is 0. The number of hydrogen-bond acceptors (Lipinski definition) is 5. The minimum Gasteiger partial charge on any atom is -0.306 e. The van der Waals surface area contributed by atoms with Gasteiger partial charge in [0.05, 0.1) is 19.8 Å². The Morgan fingerprint density at radius 2 is 1.16 bits per heavy atom. The predicted octanol–water partition coefficient (Wildman–Crippen LogP) is 6.69. The van der Waals surface area contributed by atoms with Crippen LogP contribution < -0.4 is 15.5 Å². The summed E-state index contributed by atoms with van der Waals surface area (Å²) < 4.78 is 42.0. The lowest BCUT2D eigenvalue weighted by Gasteiger charge is -2.36. The molecular formula is C21H32N3O4P3. The van der Waals surface area contributed by atoms with Crippen molar-refractivity contribution in [2.24, 2.45) is 9.03 Å². The number of nitrogens with zero attached hydrogens (tertiary/aromatic N) is 2. The Balaban J connectivity index is 2.33. The van der Waals surface area contributed by atoms with Crippen LogP contribution in [0, 0.1) is 0 Å². The summed E-state index contributed by atoms with van der Waals surface area (Å²) in [6.07, 6.45) is 2.27. The lowest BCUT2D eigenvalue weighted by molar-refractivity contribution is 0.239. The fourth-order valence-corrected chi connectivity index (χ4v) is 14.4. The summed E-state index contributed by atoms with van der Waals surface area (Å²) in [4.78, 5) is 3.30. The quantitative estimate of drug-likeness (QED) is 0.360. The van der Waals surface area contributed by atoms with Crippen LogP contribution in [0.3, 0.4) is 0 Å². The smallest absolute Gasteiger partial charge is 0.306 e. The molecule has 1 aliphatic heterocycles. The standard InChI is InChI=1S/C21H32N3O4P3/c1-4-17-26-30(25)22-29(20-13-9-7-10-14-20,21-15-11-8-12-16-21)23-31(24-30,27-18-5-2)28-19-6-3/h7-16H,4-6,17-19H2,1-3H3,(H,22,25). The Morgan fingerprint density at radius 1 is 0.710 bits per heavy atom. The first-order valence-corrected chi connectivity index (χ1v) is 15.6. The number of benzene rings is 2. The second-order valence-electron chi connectivity index (χ2n) is 7.10. The molecule has 3 rings (SSSR count). The van der Waals surface area contributed by atoms with E-state index in [1.165, 1.54) is 0 Å². The van der Waals surface area contributed by atoms with Crippen molar-refractivity contribution in [3.63, 3.8) is 0 Å². The molecule has 31 heavy (non-hydrogen) atoms. The van der Waals surface area contributed by atoms with E-state index in [-0.39, 0.29) is 0 Å². The van der Waals surface area contributed by atoms with Crippen LogP contribution in [-0.4, -0.2) is 19.8 Å². The zero-order valence-electron chi connectivity index (χ0n) is 18.4. The molecule has 2 aromatic rings. The van der Waals surface area contributed by atoms with Crippen LogP contribution in [-0.2, 0) is 18.1 Å². The van der Waals surface area contributed by atoms with Crippen LogP contribution in [0.1, 0.15) is 40.0 Å². The van der Waals surface area contributed by atoms with Gasteiger partial charge in [-0.2, -0.15) is 9.37 Å². The van der Waals surface area contributed by atoms with Crippen molar-refractivity contribution in [2.75, 3.05) is 19.8 Å². The number of rotatable bonds is 11. The van der Waals surface area contributed by atoms with Gasteiger partial charge in [-0.25, -0.2) is 4.57 Å². The van der Waals surface area contributed by atoms with E-state index < -0.39 is 22.5 Å². The van der Waals surface area contributed by atoms with Crippen molar-refractivity contribution in [3.05, 3.63) is 60.7 Å². The second-order valence-corrected chi connectivity index (χ2v) is 14.4. The number of hydrogen-bond donors (Lipinski definition) is 1. The largest absolute Gasteiger partial charge is 0.396 e. The first-order valence-electron chi connectivity index (χ1n) is 10.7. The van der Waals surface area contributed by atoms with Gasteiger partial charge in [-0.05, 0) is 19.3 Å². The summed E-state index contributed by atoms with van der Waals surface area (Å²) >= 11 is 0. The Kier molecular flexibility index (Phi) is 8.90. The highest BCUT2D eigenvalue weighted by Crippen LogP contribution is 2.75. The molecule has 0 radical (unpaired) electrons. The molecule has 1 atom stereocenters. The molecule has 0 saturated carbocycles. The lowest BCUT2D eigenvalue weighted by atomic mass is 10.4. The highest BCUT2D eigenvalue weighted by atomic mass is 31.3. The van der Waals surface area contributed by atoms with Gasteiger partial charge in [-0.15, -0.1) is 4.52 Å². The van der Waals surface area contributed by atoms with Crippen molar-refractivity contribution >= 4 is 33.1 Å². The van der Waals surface area contributed by atoms with Gasteiger partial charge in [0.1, 0.15) is 7.21 Å². The number of nitrogens with one attached hydrogen (secondary N) is 1. The monoisotopic (exact) mass is 483 g/mol. The van der Waals surface area contributed by atoms with Crippen molar-refractivity contribution in [1.29, 1.82) is 0 Å². The Bertz CT molecular complexity index is 944. The molecule has 170 valence electrons. The van der Waals surface area contributed by atoms with Crippen LogP contribution in [0.5, 0.6) is 0 Å². The van der Waals surface area contributed by atoms with Crippen molar-refractivity contribution in [1.82, 2.24) is 4.86 Å². The third-order valence-electron chi connectivity index (χ3n) is 4.41. The van der Waals surface area contributed by atoms with Gasteiger partial charge in [0, 0.05) is 10.6 Å². The Labute approximate surface area is 185 Å². The molecule has 2 aromatic carbocycles. The minimum absolute atomic E-state index is 0.318. The van der Waals surface area contributed by atoms with E-state index in [1.807, 2.05) is 81.4 Å². The summed E-state index contributed by atoms with van der Waals surface area (Å²) in [6.45, 7) is 7.16. The maximum Gasteiger partial charge on any atom is 0.396 e. The Morgan fingerprint density at radius 3 is 1.61 bits per heavy atom. The van der Waals surface area contributed by atoms with E-state index in [4.69, 9.17) is 18.1 Å². The van der Waals surface area contributed by atoms with Crippen LogP contribution >= 0.6 is 22.5 Å². The molecule has 0 fully saturated rings. The van der Waals surface area contributed by atoms with E-state index in [0.29, 0.717) is 19.8 Å². The van der Waals surface area contributed by atoms with E-state index in [2.05, 4.69) is 9.37 Å². The van der Waals surface area contributed by atoms with Gasteiger partial charge in [0.25, 0.3) is 0 Å². The first-order chi connectivity index (χ1) is 15.0. The predicted molar refractivity (Wildman–Crippen MR) is 130 cm³/mol. The third kappa shape index (κ3) is 5.86. The minimum atomic E-state index is -3.65. The Hall–Kier alpha value is -1.03. The van der Waals surface area contributed by atoms with Gasteiger partial charge >= 0.3 is 15.3 Å². The van der Waals surface area contributed by atoms with Gasteiger partial charge in [0.2, 0.25) is 0 Å². The van der Waals surface area contributed by atoms with Gasteiger partial charge in [0.15, 0.2) is 0 Å². The molecule has 1 aliphatic rings. The van der Waals surface area contributed by atoms with Crippen molar-refractivity contribution in [2.45, 2.75) is 40.0 Å². The van der Waals surface area contributed by atoms with Crippen molar-refractivity contribution < 1.29 is 18.1 Å². The normalized spacial score (nSPS) is 21.8. The molecule has 10 heteroatoms. The van der Waals surface area contributed by atoms with Gasteiger partial charge in [-0.3, -0.25) is 0 Å². The average molecular weight is 483 g/mol. The fraction of sp³-hybridized carbons (Fsp3) is 0.429. The van der Waals surface area contributed by atoms with Crippen LogP contribution in [0.15, 0.2) is 69.7 Å². The van der Waals surface area contributed by atoms with E-state index in [1.54, 1.807) is 0 Å². The zero-order valence-corrected chi connectivity index (χ0v) is 21.1. The molecular weight excluding hydrogens is 451 g/mol. The molecule has 1 heterocycles. The lowest BCUT2D eigenvalue weighted by Crippen LogP contribution is -2.28. The molecule has 0 aromatic heterocycles. The topological polar surface area (TPSA) is 81.5 Å². The maximum absolute atomic E-state index is 14.0. The van der Waals surface area contributed by atoms with Crippen LogP contribution in [0.4, 0.5) is 0 Å². The maximum atomic E-state index is 14.0. The summed E-state index contributed by atoms with van der Waals surface area (Å²) in [6, 6.07) is 19.7. The molecule has 0 bridgehead atoms. The first kappa shape index (κ1) is 24.6. The SMILES string of the molecule is CCCOP1(=O)N=P(OCCC)(OCCC)N=P(c2ccccc2)(c2ccccc2)N1. The zero-order chi connectivity index (χ0) is 22.2.